The summed E-state index contributed by atoms with van der Waals surface area (Å²) < 4.78 is 5.67. The number of benzene rings is 4. The van der Waals surface area contributed by atoms with E-state index < -0.39 is 0 Å². The van der Waals surface area contributed by atoms with Crippen LogP contribution < -0.4 is 4.90 Å². The Hall–Kier alpha value is -4.02. The Morgan fingerprint density at radius 2 is 1.35 bits per heavy atom. The van der Waals surface area contributed by atoms with E-state index in [2.05, 4.69) is 77.7 Å². The van der Waals surface area contributed by atoms with Gasteiger partial charge in [0.25, 0.3) is 0 Å². The number of allylic oxidation sites excluding steroid dienone is 1. The lowest BCUT2D eigenvalue weighted by molar-refractivity contribution is -0.118. The molecule has 164 valence electrons. The molecule has 3 nitrogen and oxygen atoms in total. The van der Waals surface area contributed by atoms with Crippen LogP contribution in [0.1, 0.15) is 11.1 Å². The SMILES string of the molecule is O=C1COC(c2ccccc2)=C/C1=C\c1ccc(N2c3ccccc3Sc3ccccc32)cc1. The van der Waals surface area contributed by atoms with Crippen molar-refractivity contribution < 1.29 is 9.53 Å². The molecule has 0 saturated heterocycles. The van der Waals surface area contributed by atoms with Crippen LogP contribution in [0.5, 0.6) is 0 Å². The first-order chi connectivity index (χ1) is 16.8. The molecule has 34 heavy (non-hydrogen) atoms. The van der Waals surface area contributed by atoms with Gasteiger partial charge >= 0.3 is 0 Å². The minimum absolute atomic E-state index is 0.0142. The van der Waals surface area contributed by atoms with Crippen molar-refractivity contribution in [2.75, 3.05) is 11.5 Å². The normalized spacial score (nSPS) is 15.9. The molecule has 0 spiro atoms. The van der Waals surface area contributed by atoms with Crippen LogP contribution >= 0.6 is 11.8 Å². The Bertz CT molecular complexity index is 1390. The van der Waals surface area contributed by atoms with E-state index in [1.54, 1.807) is 11.8 Å². The number of fused-ring (bicyclic) bond motifs is 2. The first-order valence-corrected chi connectivity index (χ1v) is 12.0. The lowest BCUT2D eigenvalue weighted by atomic mass is 10.0. The molecule has 2 aliphatic rings. The number of nitrogens with zero attached hydrogens (tertiary/aromatic N) is 1. The van der Waals surface area contributed by atoms with E-state index in [1.807, 2.05) is 42.5 Å². The first kappa shape index (κ1) is 20.6. The average Bonchev–Trinajstić information content (AvgIpc) is 2.89. The summed E-state index contributed by atoms with van der Waals surface area (Å²) in [6.45, 7) is 0.0592. The minimum atomic E-state index is -0.0142. The number of rotatable bonds is 3. The zero-order valence-electron chi connectivity index (χ0n) is 18.3. The number of carbonyl (C=O) groups is 1. The highest BCUT2D eigenvalue weighted by atomic mass is 32.2. The van der Waals surface area contributed by atoms with Crippen LogP contribution in [-0.4, -0.2) is 12.4 Å². The van der Waals surface area contributed by atoms with Crippen LogP contribution in [0.3, 0.4) is 0 Å². The Labute approximate surface area is 203 Å². The quantitative estimate of drug-likeness (QED) is 0.259. The molecular formula is C30H21NO2S. The van der Waals surface area contributed by atoms with Crippen LogP contribution in [0.4, 0.5) is 17.1 Å². The predicted molar refractivity (Wildman–Crippen MR) is 139 cm³/mol. The standard InChI is InChI=1S/C30H21NO2S/c32-27-20-33-28(22-8-2-1-3-9-22)19-23(27)18-21-14-16-24(17-15-21)31-25-10-4-6-12-29(25)34-30-13-7-5-11-26(30)31/h1-19H,20H2/b23-18+. The molecule has 0 fully saturated rings. The van der Waals surface area contributed by atoms with E-state index in [0.717, 1.165) is 22.6 Å². The topological polar surface area (TPSA) is 29.5 Å². The van der Waals surface area contributed by atoms with Gasteiger partial charge in [0.05, 0.1) is 11.4 Å². The minimum Gasteiger partial charge on any atom is -0.485 e. The molecule has 0 saturated carbocycles. The second kappa shape index (κ2) is 8.73. The molecule has 0 amide bonds. The average molecular weight is 460 g/mol. The van der Waals surface area contributed by atoms with Crippen molar-refractivity contribution in [2.24, 2.45) is 0 Å². The van der Waals surface area contributed by atoms with E-state index in [9.17, 15) is 4.79 Å². The fraction of sp³-hybridized carbons (Fsp3) is 0.0333. The largest absolute Gasteiger partial charge is 0.485 e. The lowest BCUT2D eigenvalue weighted by Crippen LogP contribution is -2.15. The van der Waals surface area contributed by atoms with Gasteiger partial charge in [-0.3, -0.25) is 4.79 Å². The highest BCUT2D eigenvalue weighted by Crippen LogP contribution is 2.51. The van der Waals surface area contributed by atoms with Gasteiger partial charge in [-0.15, -0.1) is 0 Å². The zero-order chi connectivity index (χ0) is 22.9. The monoisotopic (exact) mass is 459 g/mol. The Morgan fingerprint density at radius 3 is 2.03 bits per heavy atom. The van der Waals surface area contributed by atoms with E-state index in [4.69, 9.17) is 4.74 Å². The molecular weight excluding hydrogens is 438 g/mol. The summed E-state index contributed by atoms with van der Waals surface area (Å²) in [6.07, 6.45) is 3.77. The zero-order valence-corrected chi connectivity index (χ0v) is 19.2. The van der Waals surface area contributed by atoms with E-state index >= 15 is 0 Å². The number of carbonyl (C=O) groups excluding carboxylic acids is 1. The molecule has 0 atom stereocenters. The van der Waals surface area contributed by atoms with Gasteiger partial charge in [-0.1, -0.05) is 78.5 Å². The van der Waals surface area contributed by atoms with Gasteiger partial charge in [0.15, 0.2) is 12.4 Å². The van der Waals surface area contributed by atoms with Gasteiger partial charge in [-0.25, -0.2) is 0 Å². The molecule has 4 heteroatoms. The second-order valence-corrected chi connectivity index (χ2v) is 9.23. The summed E-state index contributed by atoms with van der Waals surface area (Å²) in [4.78, 5) is 17.3. The number of anilines is 3. The first-order valence-electron chi connectivity index (χ1n) is 11.2. The molecule has 4 aromatic carbocycles. The summed E-state index contributed by atoms with van der Waals surface area (Å²) in [5.74, 6) is 0.710. The van der Waals surface area contributed by atoms with Crippen LogP contribution in [0.25, 0.3) is 11.8 Å². The number of ether oxygens (including phenoxy) is 1. The molecule has 6 rings (SSSR count). The van der Waals surface area contributed by atoms with Crippen molar-refractivity contribution in [2.45, 2.75) is 9.79 Å². The number of hydrogen-bond donors (Lipinski definition) is 0. The predicted octanol–water partition coefficient (Wildman–Crippen LogP) is 7.64. The number of hydrogen-bond acceptors (Lipinski definition) is 4. The molecule has 0 N–H and O–H groups in total. The van der Waals surface area contributed by atoms with Gasteiger partial charge < -0.3 is 9.64 Å². The van der Waals surface area contributed by atoms with Crippen molar-refractivity contribution in [3.8, 4) is 0 Å². The van der Waals surface area contributed by atoms with E-state index in [1.165, 1.54) is 21.2 Å². The summed E-state index contributed by atoms with van der Waals surface area (Å²) in [7, 11) is 0. The second-order valence-electron chi connectivity index (χ2n) is 8.15. The number of Topliss-reactive ketones (excluding diaryl/α,β-unsaturated/α-hetero) is 1. The van der Waals surface area contributed by atoms with Gasteiger partial charge in [-0.2, -0.15) is 0 Å². The summed E-state index contributed by atoms with van der Waals surface area (Å²) in [6, 6.07) is 35.2. The third-order valence-corrected chi connectivity index (χ3v) is 7.06. The van der Waals surface area contributed by atoms with Crippen LogP contribution in [0, 0.1) is 0 Å². The van der Waals surface area contributed by atoms with Crippen LogP contribution in [0.2, 0.25) is 0 Å². The van der Waals surface area contributed by atoms with Gasteiger partial charge in [0.2, 0.25) is 0 Å². The Morgan fingerprint density at radius 1 is 0.735 bits per heavy atom. The fourth-order valence-corrected chi connectivity index (χ4v) is 5.32. The molecule has 0 aromatic heterocycles. The summed E-state index contributed by atoms with van der Waals surface area (Å²) in [5, 5.41) is 0. The van der Waals surface area contributed by atoms with Gasteiger partial charge in [-0.05, 0) is 54.1 Å². The maximum atomic E-state index is 12.5. The molecule has 0 aliphatic carbocycles. The maximum absolute atomic E-state index is 12.5. The Balaban J connectivity index is 1.35. The van der Waals surface area contributed by atoms with Crippen molar-refractivity contribution in [1.29, 1.82) is 0 Å². The smallest absolute Gasteiger partial charge is 0.200 e. The highest BCUT2D eigenvalue weighted by molar-refractivity contribution is 7.99. The third-order valence-electron chi connectivity index (χ3n) is 5.93. The van der Waals surface area contributed by atoms with Crippen molar-refractivity contribution >= 4 is 46.4 Å². The van der Waals surface area contributed by atoms with Gasteiger partial charge in [0.1, 0.15) is 5.76 Å². The van der Waals surface area contributed by atoms with Crippen molar-refractivity contribution in [3.05, 3.63) is 126 Å². The van der Waals surface area contributed by atoms with Gasteiger partial charge in [0, 0.05) is 26.6 Å². The van der Waals surface area contributed by atoms with E-state index in [0.29, 0.717) is 5.57 Å². The molecule has 0 bridgehead atoms. The van der Waals surface area contributed by atoms with E-state index in [-0.39, 0.29) is 12.4 Å². The highest BCUT2D eigenvalue weighted by Gasteiger charge is 2.24. The maximum Gasteiger partial charge on any atom is 0.200 e. The molecule has 2 aliphatic heterocycles. The molecule has 2 heterocycles. The lowest BCUT2D eigenvalue weighted by Gasteiger charge is -2.32. The molecule has 0 unspecified atom stereocenters. The van der Waals surface area contributed by atoms with Crippen molar-refractivity contribution in [3.63, 3.8) is 0 Å². The summed E-state index contributed by atoms with van der Waals surface area (Å²) in [5.41, 5.74) is 6.03. The van der Waals surface area contributed by atoms with Crippen LogP contribution in [-0.2, 0) is 9.53 Å². The summed E-state index contributed by atoms with van der Waals surface area (Å²) >= 11 is 1.80. The number of para-hydroxylation sites is 2. The third kappa shape index (κ3) is 3.82. The van der Waals surface area contributed by atoms with Crippen molar-refractivity contribution in [1.82, 2.24) is 0 Å². The fourth-order valence-electron chi connectivity index (χ4n) is 4.26. The Kier molecular flexibility index (Phi) is 5.28. The number of ketones is 1. The molecule has 4 aromatic rings. The molecule has 0 radical (unpaired) electrons. The van der Waals surface area contributed by atoms with Crippen LogP contribution in [0.15, 0.2) is 125 Å².